The van der Waals surface area contributed by atoms with Gasteiger partial charge in [0.05, 0.1) is 18.7 Å². The standard InChI is InChI=1S/C26H24BrNO3/c1-16-11-18(3)21(12-17(16)2)24(29)14-26(31)22-13-20(27)9-10-23(22)28(25(26)30)15-19-7-5-4-6-8-19/h4-13,31H,14-15H2,1-3H3/t26-/m1/s1. The lowest BCUT2D eigenvalue weighted by Gasteiger charge is -2.23. The maximum Gasteiger partial charge on any atom is 0.264 e. The van der Waals surface area contributed by atoms with Gasteiger partial charge in [0.25, 0.3) is 5.91 Å². The van der Waals surface area contributed by atoms with Crippen molar-refractivity contribution in [2.45, 2.75) is 39.3 Å². The summed E-state index contributed by atoms with van der Waals surface area (Å²) in [5.74, 6) is -0.719. The van der Waals surface area contributed by atoms with Crippen molar-refractivity contribution in [3.05, 3.63) is 98.5 Å². The number of aryl methyl sites for hydroxylation is 3. The number of carbonyl (C=O) groups is 2. The zero-order valence-electron chi connectivity index (χ0n) is 17.8. The third-order valence-corrected chi connectivity index (χ3v) is 6.53. The highest BCUT2D eigenvalue weighted by Gasteiger charge is 2.51. The maximum absolute atomic E-state index is 13.5. The maximum atomic E-state index is 13.5. The summed E-state index contributed by atoms with van der Waals surface area (Å²) in [5.41, 5.74) is 3.63. The molecule has 0 saturated heterocycles. The molecule has 0 bridgehead atoms. The number of hydrogen-bond acceptors (Lipinski definition) is 3. The number of ketones is 1. The van der Waals surface area contributed by atoms with Crippen LogP contribution < -0.4 is 4.90 Å². The first-order valence-corrected chi connectivity index (χ1v) is 11.0. The lowest BCUT2D eigenvalue weighted by molar-refractivity contribution is -0.136. The number of Topliss-reactive ketones (excluding diaryl/α,β-unsaturated/α-hetero) is 1. The number of aliphatic hydroxyl groups is 1. The monoisotopic (exact) mass is 477 g/mol. The van der Waals surface area contributed by atoms with Gasteiger partial charge in [0.1, 0.15) is 0 Å². The SMILES string of the molecule is Cc1cc(C)c(C(=O)C[C@]2(O)C(=O)N(Cc3ccccc3)c3ccc(Br)cc32)cc1C. The number of carbonyl (C=O) groups excluding carboxylic acids is 2. The van der Waals surface area contributed by atoms with Crippen molar-refractivity contribution in [1.29, 1.82) is 0 Å². The molecule has 3 aromatic carbocycles. The molecule has 1 atom stereocenters. The summed E-state index contributed by atoms with van der Waals surface area (Å²) in [6, 6.07) is 18.8. The molecule has 0 radical (unpaired) electrons. The van der Waals surface area contributed by atoms with E-state index in [2.05, 4.69) is 15.9 Å². The van der Waals surface area contributed by atoms with Crippen LogP contribution >= 0.6 is 15.9 Å². The molecule has 1 heterocycles. The van der Waals surface area contributed by atoms with Crippen molar-refractivity contribution in [3.63, 3.8) is 0 Å². The molecule has 1 amide bonds. The van der Waals surface area contributed by atoms with Gasteiger partial charge in [-0.3, -0.25) is 9.59 Å². The highest BCUT2D eigenvalue weighted by atomic mass is 79.9. The predicted molar refractivity (Wildman–Crippen MR) is 125 cm³/mol. The molecule has 0 saturated carbocycles. The number of nitrogens with zero attached hydrogens (tertiary/aromatic N) is 1. The molecule has 0 fully saturated rings. The Bertz CT molecular complexity index is 1190. The summed E-state index contributed by atoms with van der Waals surface area (Å²) in [7, 11) is 0. The lowest BCUT2D eigenvalue weighted by atomic mass is 9.86. The average Bonchev–Trinajstić information content (AvgIpc) is 2.93. The van der Waals surface area contributed by atoms with Gasteiger partial charge in [0.15, 0.2) is 11.4 Å². The molecular formula is C26H24BrNO3. The summed E-state index contributed by atoms with van der Waals surface area (Å²) in [6.07, 6.45) is -0.302. The van der Waals surface area contributed by atoms with Crippen molar-refractivity contribution in [2.75, 3.05) is 4.90 Å². The van der Waals surface area contributed by atoms with Gasteiger partial charge in [0.2, 0.25) is 0 Å². The Labute approximate surface area is 190 Å². The number of halogens is 1. The van der Waals surface area contributed by atoms with Crippen molar-refractivity contribution < 1.29 is 14.7 Å². The molecule has 158 valence electrons. The summed E-state index contributed by atoms with van der Waals surface area (Å²) in [6.45, 7) is 6.16. The molecule has 5 heteroatoms. The Morgan fingerprint density at radius 1 is 0.968 bits per heavy atom. The molecule has 3 aromatic rings. The van der Waals surface area contributed by atoms with E-state index in [9.17, 15) is 14.7 Å². The van der Waals surface area contributed by atoms with Crippen molar-refractivity contribution >= 4 is 33.3 Å². The minimum absolute atomic E-state index is 0.246. The molecule has 31 heavy (non-hydrogen) atoms. The van der Waals surface area contributed by atoms with Crippen LogP contribution in [-0.2, 0) is 16.9 Å². The number of hydrogen-bond donors (Lipinski definition) is 1. The number of rotatable bonds is 5. The van der Waals surface area contributed by atoms with Crippen LogP contribution in [0.15, 0.2) is 65.1 Å². The third kappa shape index (κ3) is 3.84. The minimum Gasteiger partial charge on any atom is -0.375 e. The summed E-state index contributed by atoms with van der Waals surface area (Å²) < 4.78 is 0.744. The average molecular weight is 478 g/mol. The highest BCUT2D eigenvalue weighted by molar-refractivity contribution is 9.10. The topological polar surface area (TPSA) is 57.6 Å². The van der Waals surface area contributed by atoms with E-state index in [-0.39, 0.29) is 12.2 Å². The lowest BCUT2D eigenvalue weighted by Crippen LogP contribution is -2.41. The molecule has 0 aromatic heterocycles. The molecule has 4 rings (SSSR count). The zero-order chi connectivity index (χ0) is 22.3. The Hall–Kier alpha value is -2.76. The van der Waals surface area contributed by atoms with Gasteiger partial charge in [-0.1, -0.05) is 52.3 Å². The van der Waals surface area contributed by atoms with E-state index in [1.54, 1.807) is 11.0 Å². The van der Waals surface area contributed by atoms with E-state index in [1.165, 1.54) is 0 Å². The Morgan fingerprint density at radius 3 is 2.35 bits per heavy atom. The number of benzene rings is 3. The summed E-state index contributed by atoms with van der Waals surface area (Å²) in [5, 5.41) is 11.6. The fourth-order valence-corrected chi connectivity index (χ4v) is 4.57. The van der Waals surface area contributed by atoms with Crippen LogP contribution in [0.2, 0.25) is 0 Å². The van der Waals surface area contributed by atoms with Crippen molar-refractivity contribution in [3.8, 4) is 0 Å². The van der Waals surface area contributed by atoms with E-state index in [4.69, 9.17) is 0 Å². The predicted octanol–water partition coefficient (Wildman–Crippen LogP) is 5.38. The zero-order valence-corrected chi connectivity index (χ0v) is 19.4. The minimum atomic E-state index is -1.91. The Balaban J connectivity index is 1.73. The van der Waals surface area contributed by atoms with E-state index in [0.29, 0.717) is 23.4 Å². The van der Waals surface area contributed by atoms with Gasteiger partial charge in [-0.25, -0.2) is 0 Å². The van der Waals surface area contributed by atoms with Crippen molar-refractivity contribution in [1.82, 2.24) is 0 Å². The van der Waals surface area contributed by atoms with Crippen LogP contribution in [0.5, 0.6) is 0 Å². The van der Waals surface area contributed by atoms with Crippen molar-refractivity contribution in [2.24, 2.45) is 0 Å². The molecule has 1 aliphatic heterocycles. The third-order valence-electron chi connectivity index (χ3n) is 6.03. The van der Waals surface area contributed by atoms with Gasteiger partial charge >= 0.3 is 0 Å². The number of anilines is 1. The van der Waals surface area contributed by atoms with E-state index in [0.717, 1.165) is 26.7 Å². The van der Waals surface area contributed by atoms with Crippen LogP contribution in [0.3, 0.4) is 0 Å². The van der Waals surface area contributed by atoms with Crippen LogP contribution in [0, 0.1) is 20.8 Å². The second-order valence-corrected chi connectivity index (χ2v) is 9.17. The molecular weight excluding hydrogens is 454 g/mol. The molecule has 0 aliphatic carbocycles. The Kier molecular flexibility index (Phi) is 5.58. The van der Waals surface area contributed by atoms with Gasteiger partial charge < -0.3 is 10.0 Å². The number of fused-ring (bicyclic) bond motifs is 1. The van der Waals surface area contributed by atoms with Crippen LogP contribution in [0.25, 0.3) is 0 Å². The van der Waals surface area contributed by atoms with Gasteiger partial charge in [-0.15, -0.1) is 0 Å². The highest BCUT2D eigenvalue weighted by Crippen LogP contribution is 2.45. The van der Waals surface area contributed by atoms with Crippen LogP contribution in [0.1, 0.15) is 44.6 Å². The van der Waals surface area contributed by atoms with Crippen LogP contribution in [0.4, 0.5) is 5.69 Å². The van der Waals surface area contributed by atoms with Gasteiger partial charge in [-0.2, -0.15) is 0 Å². The Morgan fingerprint density at radius 2 is 1.65 bits per heavy atom. The molecule has 1 aliphatic rings. The first kappa shape index (κ1) is 21.5. The summed E-state index contributed by atoms with van der Waals surface area (Å²) >= 11 is 3.44. The van der Waals surface area contributed by atoms with E-state index in [1.807, 2.05) is 75.4 Å². The normalized spacial score (nSPS) is 17.7. The molecule has 0 spiro atoms. The van der Waals surface area contributed by atoms with Crippen LogP contribution in [-0.4, -0.2) is 16.8 Å². The molecule has 1 N–H and O–H groups in total. The fraction of sp³-hybridized carbons (Fsp3) is 0.231. The largest absolute Gasteiger partial charge is 0.375 e. The van der Waals surface area contributed by atoms with E-state index < -0.39 is 11.5 Å². The molecule has 4 nitrogen and oxygen atoms in total. The second kappa shape index (κ2) is 8.06. The van der Waals surface area contributed by atoms with E-state index >= 15 is 0 Å². The fourth-order valence-electron chi connectivity index (χ4n) is 4.21. The van der Waals surface area contributed by atoms with Gasteiger partial charge in [0, 0.05) is 15.6 Å². The first-order valence-electron chi connectivity index (χ1n) is 10.2. The van der Waals surface area contributed by atoms with Gasteiger partial charge in [-0.05, 0) is 67.3 Å². The quantitative estimate of drug-likeness (QED) is 0.501. The second-order valence-electron chi connectivity index (χ2n) is 8.25. The smallest absolute Gasteiger partial charge is 0.264 e. The number of amides is 1. The summed E-state index contributed by atoms with van der Waals surface area (Å²) in [4.78, 5) is 28.3. The molecule has 0 unspecified atom stereocenters. The first-order chi connectivity index (χ1) is 14.7.